The van der Waals surface area contributed by atoms with Gasteiger partial charge < -0.3 is 19.5 Å². The van der Waals surface area contributed by atoms with Gasteiger partial charge in [0.05, 0.1) is 31.9 Å². The molecule has 6 nitrogen and oxygen atoms in total. The van der Waals surface area contributed by atoms with Crippen LogP contribution in [0.5, 0.6) is 17.2 Å². The first kappa shape index (κ1) is 19.8. The number of amidine groups is 1. The van der Waals surface area contributed by atoms with Crippen LogP contribution in [0, 0.1) is 0 Å². The first-order valence-electron chi connectivity index (χ1n) is 9.19. The summed E-state index contributed by atoms with van der Waals surface area (Å²) in [7, 11) is 4.85. The van der Waals surface area contributed by atoms with E-state index in [1.165, 1.54) is 11.8 Å². The minimum Gasteiger partial charge on any atom is -0.497 e. The average Bonchev–Trinajstić information content (AvgIpc) is 3.12. The van der Waals surface area contributed by atoms with Gasteiger partial charge in [-0.3, -0.25) is 4.79 Å². The summed E-state index contributed by atoms with van der Waals surface area (Å²) in [5, 5.41) is 5.31. The fourth-order valence-corrected chi connectivity index (χ4v) is 3.97. The number of ether oxygens (including phenoxy) is 3. The number of thioether (sulfide) groups is 1. The van der Waals surface area contributed by atoms with E-state index in [1.54, 1.807) is 21.3 Å². The van der Waals surface area contributed by atoms with E-state index < -0.39 is 0 Å². The van der Waals surface area contributed by atoms with Gasteiger partial charge in [-0.25, -0.2) is 4.99 Å². The van der Waals surface area contributed by atoms with Crippen LogP contribution in [0.15, 0.2) is 64.5 Å². The van der Waals surface area contributed by atoms with E-state index in [0.29, 0.717) is 15.8 Å². The van der Waals surface area contributed by atoms with Gasteiger partial charge in [-0.05, 0) is 71.1 Å². The Morgan fingerprint density at radius 1 is 0.900 bits per heavy atom. The van der Waals surface area contributed by atoms with Crippen molar-refractivity contribution in [3.05, 3.63) is 65.1 Å². The van der Waals surface area contributed by atoms with Crippen LogP contribution in [0.3, 0.4) is 0 Å². The molecule has 1 saturated heterocycles. The monoisotopic (exact) mass is 420 g/mol. The number of carbonyl (C=O) groups excluding carboxylic acids is 1. The van der Waals surface area contributed by atoms with Crippen LogP contribution in [0.2, 0.25) is 0 Å². The van der Waals surface area contributed by atoms with Gasteiger partial charge in [0.1, 0.15) is 17.2 Å². The second-order valence-corrected chi connectivity index (χ2v) is 7.48. The van der Waals surface area contributed by atoms with Gasteiger partial charge in [0, 0.05) is 5.56 Å². The first-order valence-corrected chi connectivity index (χ1v) is 10.0. The predicted molar refractivity (Wildman–Crippen MR) is 121 cm³/mol. The predicted octanol–water partition coefficient (Wildman–Crippen LogP) is 4.76. The van der Waals surface area contributed by atoms with E-state index in [4.69, 9.17) is 14.2 Å². The molecule has 1 fully saturated rings. The normalized spacial score (nSPS) is 16.2. The highest BCUT2D eigenvalue weighted by Gasteiger charge is 2.25. The highest BCUT2D eigenvalue weighted by Crippen LogP contribution is 2.36. The molecule has 1 aliphatic rings. The third-order valence-corrected chi connectivity index (χ3v) is 5.59. The summed E-state index contributed by atoms with van der Waals surface area (Å²) in [5.41, 5.74) is 1.55. The lowest BCUT2D eigenvalue weighted by molar-refractivity contribution is -0.115. The number of aliphatic imine (C=N–C) groups is 1. The maximum Gasteiger partial charge on any atom is 0.264 e. The summed E-state index contributed by atoms with van der Waals surface area (Å²) < 4.78 is 16.1. The minimum absolute atomic E-state index is 0.200. The maximum atomic E-state index is 12.6. The lowest BCUT2D eigenvalue weighted by Gasteiger charge is -2.10. The second kappa shape index (κ2) is 8.51. The molecule has 1 heterocycles. The topological polar surface area (TPSA) is 69.2 Å². The van der Waals surface area contributed by atoms with Crippen molar-refractivity contribution in [2.45, 2.75) is 0 Å². The van der Waals surface area contributed by atoms with Crippen molar-refractivity contribution in [3.8, 4) is 17.2 Å². The van der Waals surface area contributed by atoms with Gasteiger partial charge in [0.2, 0.25) is 0 Å². The highest BCUT2D eigenvalue weighted by molar-refractivity contribution is 8.18. The quantitative estimate of drug-likeness (QED) is 0.603. The molecular weight excluding hydrogens is 400 g/mol. The third kappa shape index (κ3) is 3.97. The zero-order valence-corrected chi connectivity index (χ0v) is 17.6. The standard InChI is InChI=1S/C23H20N2O4S/c1-27-16-9-6-15(7-10-16)24-23-25-22(26)21(30-23)13-19-18-12-17(28-2)8-4-14(18)5-11-20(19)29-3/h4-13H,1-3H3,(H,24,25,26)/b21-13+. The Bertz CT molecular complexity index is 1160. The van der Waals surface area contributed by atoms with Crippen LogP contribution in [-0.4, -0.2) is 32.4 Å². The van der Waals surface area contributed by atoms with Crippen molar-refractivity contribution in [2.75, 3.05) is 21.3 Å². The summed E-state index contributed by atoms with van der Waals surface area (Å²) in [6, 6.07) is 17.0. The summed E-state index contributed by atoms with van der Waals surface area (Å²) in [4.78, 5) is 17.6. The molecule has 3 aromatic rings. The van der Waals surface area contributed by atoms with Crippen molar-refractivity contribution >= 4 is 45.4 Å². The van der Waals surface area contributed by atoms with E-state index in [2.05, 4.69) is 10.3 Å². The summed E-state index contributed by atoms with van der Waals surface area (Å²) >= 11 is 1.29. The van der Waals surface area contributed by atoms with Crippen molar-refractivity contribution in [3.63, 3.8) is 0 Å². The molecule has 0 aliphatic carbocycles. The maximum absolute atomic E-state index is 12.6. The molecule has 0 saturated carbocycles. The van der Waals surface area contributed by atoms with Crippen LogP contribution in [0.25, 0.3) is 16.8 Å². The number of nitrogens with zero attached hydrogens (tertiary/aromatic N) is 1. The molecule has 152 valence electrons. The Balaban J connectivity index is 1.71. The SMILES string of the molecule is COc1ccc(N=C2NC(=O)/C(=C\c3c(OC)ccc4ccc(OC)cc34)S2)cc1. The van der Waals surface area contributed by atoms with Crippen molar-refractivity contribution in [2.24, 2.45) is 4.99 Å². The molecule has 4 rings (SSSR count). The molecule has 1 amide bonds. The van der Waals surface area contributed by atoms with E-state index in [9.17, 15) is 4.79 Å². The number of methoxy groups -OCH3 is 3. The van der Waals surface area contributed by atoms with Crippen molar-refractivity contribution < 1.29 is 19.0 Å². The first-order chi connectivity index (χ1) is 14.6. The zero-order valence-electron chi connectivity index (χ0n) is 16.8. The lowest BCUT2D eigenvalue weighted by Crippen LogP contribution is -2.19. The van der Waals surface area contributed by atoms with Crippen LogP contribution in [0.1, 0.15) is 5.56 Å². The number of hydrogen-bond acceptors (Lipinski definition) is 6. The van der Waals surface area contributed by atoms with E-state index in [0.717, 1.165) is 33.5 Å². The molecule has 0 radical (unpaired) electrons. The number of carbonyl (C=O) groups is 1. The molecule has 0 spiro atoms. The van der Waals surface area contributed by atoms with Crippen molar-refractivity contribution in [1.82, 2.24) is 5.32 Å². The van der Waals surface area contributed by atoms with Crippen LogP contribution >= 0.6 is 11.8 Å². The van der Waals surface area contributed by atoms with E-state index in [1.807, 2.05) is 60.7 Å². The van der Waals surface area contributed by atoms with E-state index in [-0.39, 0.29) is 5.91 Å². The Labute approximate surface area is 178 Å². The smallest absolute Gasteiger partial charge is 0.264 e. The Hall–Kier alpha value is -3.45. The highest BCUT2D eigenvalue weighted by atomic mass is 32.2. The zero-order chi connectivity index (χ0) is 21.1. The number of nitrogens with one attached hydrogen (secondary N) is 1. The molecule has 1 N–H and O–H groups in total. The summed E-state index contributed by atoms with van der Waals surface area (Å²) in [6.45, 7) is 0. The van der Waals surface area contributed by atoms with E-state index >= 15 is 0 Å². The average molecular weight is 420 g/mol. The van der Waals surface area contributed by atoms with Crippen molar-refractivity contribution in [1.29, 1.82) is 0 Å². The second-order valence-electron chi connectivity index (χ2n) is 6.45. The molecular formula is C23H20N2O4S. The Kier molecular flexibility index (Phi) is 5.63. The van der Waals surface area contributed by atoms with Gasteiger partial charge >= 0.3 is 0 Å². The minimum atomic E-state index is -0.200. The molecule has 7 heteroatoms. The number of fused-ring (bicyclic) bond motifs is 1. The van der Waals surface area contributed by atoms with Gasteiger partial charge in [-0.15, -0.1) is 0 Å². The van der Waals surface area contributed by atoms with Gasteiger partial charge in [0.25, 0.3) is 5.91 Å². The number of amides is 1. The number of hydrogen-bond donors (Lipinski definition) is 1. The molecule has 0 aromatic heterocycles. The largest absolute Gasteiger partial charge is 0.497 e. The molecule has 1 aliphatic heterocycles. The molecule has 3 aromatic carbocycles. The summed E-state index contributed by atoms with van der Waals surface area (Å²) in [6.07, 6.45) is 1.83. The van der Waals surface area contributed by atoms with Crippen LogP contribution in [0.4, 0.5) is 5.69 Å². The van der Waals surface area contributed by atoms with Crippen LogP contribution in [-0.2, 0) is 4.79 Å². The fraction of sp³-hybridized carbons (Fsp3) is 0.130. The van der Waals surface area contributed by atoms with Gasteiger partial charge in [0.15, 0.2) is 5.17 Å². The third-order valence-electron chi connectivity index (χ3n) is 4.68. The molecule has 30 heavy (non-hydrogen) atoms. The van der Waals surface area contributed by atoms with Gasteiger partial charge in [-0.1, -0.05) is 12.1 Å². The fourth-order valence-electron chi connectivity index (χ4n) is 3.14. The lowest BCUT2D eigenvalue weighted by atomic mass is 10.0. The van der Waals surface area contributed by atoms with Crippen LogP contribution < -0.4 is 19.5 Å². The number of rotatable bonds is 5. The molecule has 0 unspecified atom stereocenters. The molecule has 0 atom stereocenters. The van der Waals surface area contributed by atoms with Gasteiger partial charge in [-0.2, -0.15) is 0 Å². The molecule has 0 bridgehead atoms. The Morgan fingerprint density at radius 2 is 1.60 bits per heavy atom. The number of benzene rings is 3. The summed E-state index contributed by atoms with van der Waals surface area (Å²) in [5.74, 6) is 1.97. The Morgan fingerprint density at radius 3 is 2.30 bits per heavy atom.